The molecular weight excluding hydrogens is 220 g/mol. The summed E-state index contributed by atoms with van der Waals surface area (Å²) in [5.41, 5.74) is 6.56. The predicted octanol–water partition coefficient (Wildman–Crippen LogP) is 3.40. The van der Waals surface area contributed by atoms with Crippen molar-refractivity contribution in [3.8, 4) is 0 Å². The molecule has 0 radical (unpaired) electrons. The van der Waals surface area contributed by atoms with Crippen molar-refractivity contribution >= 4 is 0 Å². The fourth-order valence-corrected chi connectivity index (χ4v) is 4.28. The highest BCUT2D eigenvalue weighted by molar-refractivity contribution is 4.97. The van der Waals surface area contributed by atoms with Crippen LogP contribution >= 0.6 is 0 Å². The van der Waals surface area contributed by atoms with Gasteiger partial charge in [-0.05, 0) is 57.4 Å². The minimum Gasteiger partial charge on any atom is -0.329 e. The number of hydrogen-bond acceptors (Lipinski definition) is 2. The van der Waals surface area contributed by atoms with Crippen molar-refractivity contribution in [3.05, 3.63) is 0 Å². The number of nitrogens with zero attached hydrogens (tertiary/aromatic N) is 1. The lowest BCUT2D eigenvalue weighted by atomic mass is 9.82. The molecule has 4 atom stereocenters. The monoisotopic (exact) mass is 252 g/mol. The van der Waals surface area contributed by atoms with E-state index in [1.54, 1.807) is 0 Å². The average molecular weight is 252 g/mol. The summed E-state index contributed by atoms with van der Waals surface area (Å²) in [7, 11) is 0. The van der Waals surface area contributed by atoms with Gasteiger partial charge in [0.15, 0.2) is 0 Å². The maximum Gasteiger partial charge on any atom is 0.0334 e. The van der Waals surface area contributed by atoms with Crippen LogP contribution in [0.25, 0.3) is 0 Å². The number of piperidine rings is 1. The molecule has 2 rings (SSSR count). The van der Waals surface area contributed by atoms with Crippen molar-refractivity contribution in [3.63, 3.8) is 0 Å². The topological polar surface area (TPSA) is 29.3 Å². The van der Waals surface area contributed by atoms with Gasteiger partial charge in [-0.3, -0.25) is 4.90 Å². The number of likely N-dealkylation sites (tertiary alicyclic amines) is 1. The van der Waals surface area contributed by atoms with E-state index in [2.05, 4.69) is 25.7 Å². The van der Waals surface area contributed by atoms with Crippen molar-refractivity contribution in [2.24, 2.45) is 17.6 Å². The van der Waals surface area contributed by atoms with Crippen molar-refractivity contribution in [1.29, 1.82) is 0 Å². The van der Waals surface area contributed by atoms with Crippen LogP contribution < -0.4 is 5.73 Å². The van der Waals surface area contributed by atoms with E-state index in [4.69, 9.17) is 5.73 Å². The van der Waals surface area contributed by atoms with Crippen LogP contribution in [-0.2, 0) is 0 Å². The lowest BCUT2D eigenvalue weighted by Gasteiger charge is -2.50. The van der Waals surface area contributed by atoms with Gasteiger partial charge in [-0.15, -0.1) is 0 Å². The van der Waals surface area contributed by atoms with E-state index in [-0.39, 0.29) is 0 Å². The first-order chi connectivity index (χ1) is 8.57. The van der Waals surface area contributed by atoms with Gasteiger partial charge >= 0.3 is 0 Å². The molecule has 1 saturated carbocycles. The van der Waals surface area contributed by atoms with E-state index in [9.17, 15) is 0 Å². The molecule has 0 aromatic heterocycles. The molecule has 2 fully saturated rings. The lowest BCUT2D eigenvalue weighted by molar-refractivity contribution is 0.00430. The smallest absolute Gasteiger partial charge is 0.0334 e. The average Bonchev–Trinajstić information content (AvgIpc) is 2.52. The van der Waals surface area contributed by atoms with Gasteiger partial charge in [0.05, 0.1) is 0 Å². The molecular formula is C16H32N2. The van der Waals surface area contributed by atoms with Gasteiger partial charge in [0.2, 0.25) is 0 Å². The van der Waals surface area contributed by atoms with Crippen molar-refractivity contribution in [2.75, 3.05) is 13.1 Å². The number of hydrogen-bond donors (Lipinski definition) is 1. The first-order valence-corrected chi connectivity index (χ1v) is 8.04. The summed E-state index contributed by atoms with van der Waals surface area (Å²) in [5.74, 6) is 1.80. The first kappa shape index (κ1) is 14.3. The fraction of sp³-hybridized carbons (Fsp3) is 1.00. The lowest BCUT2D eigenvalue weighted by Crippen LogP contribution is -2.59. The summed E-state index contributed by atoms with van der Waals surface area (Å²) in [6.07, 6.45) is 9.52. The highest BCUT2D eigenvalue weighted by atomic mass is 15.2. The van der Waals surface area contributed by atoms with Crippen LogP contribution in [0.3, 0.4) is 0 Å². The second kappa shape index (κ2) is 5.92. The zero-order chi connectivity index (χ0) is 13.2. The Hall–Kier alpha value is -0.0800. The summed E-state index contributed by atoms with van der Waals surface area (Å²) in [4.78, 5) is 2.78. The Morgan fingerprint density at radius 3 is 2.50 bits per heavy atom. The highest BCUT2D eigenvalue weighted by Crippen LogP contribution is 2.38. The fourth-order valence-electron chi connectivity index (χ4n) is 4.28. The highest BCUT2D eigenvalue weighted by Gasteiger charge is 2.40. The van der Waals surface area contributed by atoms with Crippen LogP contribution in [0.15, 0.2) is 0 Å². The molecule has 106 valence electrons. The van der Waals surface area contributed by atoms with E-state index in [1.807, 2.05) is 0 Å². The molecule has 18 heavy (non-hydrogen) atoms. The van der Waals surface area contributed by atoms with E-state index in [1.165, 1.54) is 51.5 Å². The zero-order valence-electron chi connectivity index (χ0n) is 12.6. The van der Waals surface area contributed by atoms with Gasteiger partial charge in [0.1, 0.15) is 0 Å². The molecule has 2 aliphatic rings. The molecule has 0 spiro atoms. The van der Waals surface area contributed by atoms with Crippen LogP contribution in [0.4, 0.5) is 0 Å². The molecule has 1 saturated heterocycles. The van der Waals surface area contributed by atoms with Crippen LogP contribution in [0.5, 0.6) is 0 Å². The molecule has 2 N–H and O–H groups in total. The van der Waals surface area contributed by atoms with Gasteiger partial charge in [-0.2, -0.15) is 0 Å². The van der Waals surface area contributed by atoms with Crippen LogP contribution in [-0.4, -0.2) is 29.6 Å². The minimum absolute atomic E-state index is 0.324. The minimum atomic E-state index is 0.324. The second-order valence-corrected chi connectivity index (χ2v) is 7.14. The Kier molecular flexibility index (Phi) is 4.71. The van der Waals surface area contributed by atoms with Crippen LogP contribution in [0, 0.1) is 11.8 Å². The van der Waals surface area contributed by atoms with Gasteiger partial charge in [-0.25, -0.2) is 0 Å². The summed E-state index contributed by atoms with van der Waals surface area (Å²) >= 11 is 0. The molecule has 0 bridgehead atoms. The van der Waals surface area contributed by atoms with Crippen LogP contribution in [0.1, 0.15) is 65.7 Å². The summed E-state index contributed by atoms with van der Waals surface area (Å²) < 4.78 is 0. The largest absolute Gasteiger partial charge is 0.329 e. The van der Waals surface area contributed by atoms with Gasteiger partial charge in [0.25, 0.3) is 0 Å². The van der Waals surface area contributed by atoms with E-state index in [0.29, 0.717) is 5.54 Å². The third-order valence-electron chi connectivity index (χ3n) is 5.57. The summed E-state index contributed by atoms with van der Waals surface area (Å²) in [6.45, 7) is 9.36. The summed E-state index contributed by atoms with van der Waals surface area (Å²) in [6, 6.07) is 0.728. The Balaban J connectivity index is 2.10. The van der Waals surface area contributed by atoms with Crippen molar-refractivity contribution < 1.29 is 0 Å². The molecule has 2 heteroatoms. The molecule has 0 amide bonds. The predicted molar refractivity (Wildman–Crippen MR) is 78.6 cm³/mol. The molecule has 1 aliphatic carbocycles. The standard InChI is InChI=1S/C16H32N2/c1-13-5-4-8-16(12-17,9-6-13)18-10-7-14(2)11-15(18)3/h13-15H,4-12,17H2,1-3H3. The quantitative estimate of drug-likeness (QED) is 0.763. The molecule has 0 aromatic carbocycles. The van der Waals surface area contributed by atoms with Gasteiger partial charge in [-0.1, -0.05) is 26.7 Å². The zero-order valence-corrected chi connectivity index (χ0v) is 12.6. The molecule has 1 aliphatic heterocycles. The molecule has 0 aromatic rings. The van der Waals surface area contributed by atoms with E-state index in [0.717, 1.165) is 24.4 Å². The Labute approximate surface area is 113 Å². The maximum absolute atomic E-state index is 6.24. The SMILES string of the molecule is CC1CCCC(CN)(N2CCC(C)CC2C)CC1. The van der Waals surface area contributed by atoms with Gasteiger partial charge in [0, 0.05) is 18.1 Å². The van der Waals surface area contributed by atoms with Crippen molar-refractivity contribution in [2.45, 2.75) is 77.3 Å². The summed E-state index contributed by atoms with van der Waals surface area (Å²) in [5, 5.41) is 0. The van der Waals surface area contributed by atoms with E-state index >= 15 is 0 Å². The number of nitrogens with two attached hydrogens (primary N) is 1. The molecule has 1 heterocycles. The normalized spacial score (nSPS) is 43.7. The van der Waals surface area contributed by atoms with Gasteiger partial charge < -0.3 is 5.73 Å². The third kappa shape index (κ3) is 2.91. The Bertz CT molecular complexity index is 266. The Morgan fingerprint density at radius 2 is 1.83 bits per heavy atom. The third-order valence-corrected chi connectivity index (χ3v) is 5.57. The van der Waals surface area contributed by atoms with Crippen molar-refractivity contribution in [1.82, 2.24) is 4.90 Å². The molecule has 4 unspecified atom stereocenters. The van der Waals surface area contributed by atoms with Crippen LogP contribution in [0.2, 0.25) is 0 Å². The van der Waals surface area contributed by atoms with E-state index < -0.39 is 0 Å². The first-order valence-electron chi connectivity index (χ1n) is 8.04. The maximum atomic E-state index is 6.24. The Morgan fingerprint density at radius 1 is 1.06 bits per heavy atom. The molecule has 2 nitrogen and oxygen atoms in total. The number of rotatable bonds is 2. The second-order valence-electron chi connectivity index (χ2n) is 7.14.